The maximum atomic E-state index is 5.52. The average molecular weight is 385 g/mol. The summed E-state index contributed by atoms with van der Waals surface area (Å²) in [4.78, 5) is 3.68. The van der Waals surface area contributed by atoms with Gasteiger partial charge in [0.25, 0.3) is 0 Å². The summed E-state index contributed by atoms with van der Waals surface area (Å²) in [6, 6.07) is 10.8. The first-order valence-corrected chi connectivity index (χ1v) is 8.95. The summed E-state index contributed by atoms with van der Waals surface area (Å²) in [7, 11) is 3.70. The van der Waals surface area contributed by atoms with Crippen molar-refractivity contribution in [2.75, 3.05) is 19.5 Å². The fraction of sp³-hybridized carbons (Fsp3) is 0.300. The molecule has 0 unspecified atom stereocenters. The Morgan fingerprint density at radius 1 is 1.25 bits per heavy atom. The molecule has 124 valence electrons. The molecule has 24 heavy (non-hydrogen) atoms. The van der Waals surface area contributed by atoms with Crippen LogP contribution in [0, 0.1) is 0 Å². The van der Waals surface area contributed by atoms with Crippen molar-refractivity contribution in [3.8, 4) is 5.75 Å². The highest BCUT2D eigenvalue weighted by Crippen LogP contribution is 2.47. The van der Waals surface area contributed by atoms with Crippen molar-refractivity contribution >= 4 is 32.5 Å². The molecule has 0 radical (unpaired) electrons. The van der Waals surface area contributed by atoms with Crippen LogP contribution in [0.2, 0.25) is 0 Å². The van der Waals surface area contributed by atoms with Crippen LogP contribution in [0.5, 0.6) is 5.75 Å². The second kappa shape index (κ2) is 5.28. The molecule has 0 spiro atoms. The van der Waals surface area contributed by atoms with Gasteiger partial charge in [0.1, 0.15) is 5.75 Å². The molecule has 0 saturated heterocycles. The molecule has 1 aliphatic rings. The molecule has 1 heterocycles. The number of aromatic nitrogens is 1. The molecule has 0 saturated carbocycles. The third-order valence-electron chi connectivity index (χ3n) is 5.24. The summed E-state index contributed by atoms with van der Waals surface area (Å²) < 4.78 is 6.53. The predicted molar refractivity (Wildman–Crippen MR) is 103 cm³/mol. The molecule has 2 N–H and O–H groups in total. The van der Waals surface area contributed by atoms with Crippen LogP contribution in [0.3, 0.4) is 0 Å². The van der Waals surface area contributed by atoms with Crippen LogP contribution in [-0.2, 0) is 11.8 Å². The number of nitrogens with one attached hydrogen (secondary N) is 2. The highest BCUT2D eigenvalue weighted by atomic mass is 79.9. The monoisotopic (exact) mass is 384 g/mol. The van der Waals surface area contributed by atoms with Crippen molar-refractivity contribution < 1.29 is 4.74 Å². The average Bonchev–Trinajstić information content (AvgIpc) is 2.94. The summed E-state index contributed by atoms with van der Waals surface area (Å²) in [5.74, 6) is 0.886. The Balaban J connectivity index is 2.02. The summed E-state index contributed by atoms with van der Waals surface area (Å²) in [5, 5.41) is 4.64. The lowest BCUT2D eigenvalue weighted by molar-refractivity contribution is 0.409. The zero-order chi connectivity index (χ0) is 17.1. The summed E-state index contributed by atoms with van der Waals surface area (Å²) in [6.07, 6.45) is 0.926. The second-order valence-electron chi connectivity index (χ2n) is 6.90. The van der Waals surface area contributed by atoms with Crippen LogP contribution in [0.4, 0.5) is 5.69 Å². The molecule has 1 aromatic heterocycles. The fourth-order valence-electron chi connectivity index (χ4n) is 4.04. The molecule has 0 amide bonds. The van der Waals surface area contributed by atoms with E-state index < -0.39 is 0 Å². The molecule has 0 fully saturated rings. The topological polar surface area (TPSA) is 37.0 Å². The van der Waals surface area contributed by atoms with Gasteiger partial charge in [-0.3, -0.25) is 0 Å². The Bertz CT molecular complexity index is 956. The lowest BCUT2D eigenvalue weighted by Crippen LogP contribution is -2.27. The zero-order valence-corrected chi connectivity index (χ0v) is 16.0. The highest BCUT2D eigenvalue weighted by Gasteiger charge is 2.36. The molecule has 4 rings (SSSR count). The third-order valence-corrected chi connectivity index (χ3v) is 5.86. The van der Waals surface area contributed by atoms with E-state index in [1.807, 2.05) is 7.05 Å². The van der Waals surface area contributed by atoms with E-state index in [2.05, 4.69) is 70.4 Å². The number of ether oxygens (including phenoxy) is 1. The number of rotatable bonds is 2. The van der Waals surface area contributed by atoms with Crippen molar-refractivity contribution in [1.82, 2.24) is 4.98 Å². The Morgan fingerprint density at radius 3 is 2.75 bits per heavy atom. The van der Waals surface area contributed by atoms with Gasteiger partial charge in [-0.15, -0.1) is 0 Å². The van der Waals surface area contributed by atoms with E-state index in [4.69, 9.17) is 4.74 Å². The van der Waals surface area contributed by atoms with E-state index in [1.54, 1.807) is 7.11 Å². The van der Waals surface area contributed by atoms with E-state index in [-0.39, 0.29) is 5.41 Å². The van der Waals surface area contributed by atoms with E-state index in [1.165, 1.54) is 39.0 Å². The van der Waals surface area contributed by atoms with Crippen molar-refractivity contribution in [1.29, 1.82) is 0 Å². The maximum absolute atomic E-state index is 5.52. The first-order valence-electron chi connectivity index (χ1n) is 8.16. The summed E-state index contributed by atoms with van der Waals surface area (Å²) >= 11 is 3.64. The Morgan fingerprint density at radius 2 is 2.04 bits per heavy atom. The minimum atomic E-state index is -0.0963. The smallest absolute Gasteiger partial charge is 0.133 e. The van der Waals surface area contributed by atoms with Gasteiger partial charge >= 0.3 is 0 Å². The SMILES string of the molecule is CNc1cccc2[nH]c3c(c12)Cc1cc(Br)c(OC)cc1C3(C)C. The molecule has 0 bridgehead atoms. The van der Waals surface area contributed by atoms with E-state index in [0.717, 1.165) is 16.6 Å². The quantitative estimate of drug-likeness (QED) is 0.635. The molecule has 0 aliphatic heterocycles. The molecule has 3 aromatic rings. The number of hydrogen-bond donors (Lipinski definition) is 2. The minimum absolute atomic E-state index is 0.0963. The van der Waals surface area contributed by atoms with Crippen molar-refractivity contribution in [3.05, 3.63) is 57.2 Å². The normalized spacial score (nSPS) is 15.0. The molecule has 0 atom stereocenters. The van der Waals surface area contributed by atoms with Gasteiger partial charge in [0.2, 0.25) is 0 Å². The Kier molecular flexibility index (Phi) is 3.43. The zero-order valence-electron chi connectivity index (χ0n) is 14.4. The molecule has 2 aromatic carbocycles. The maximum Gasteiger partial charge on any atom is 0.133 e. The number of halogens is 1. The lowest BCUT2D eigenvalue weighted by atomic mass is 9.71. The van der Waals surface area contributed by atoms with Crippen LogP contribution in [0.25, 0.3) is 10.9 Å². The standard InChI is InChI=1S/C20H21BrN2O/c1-20(2)13-10-17(24-4)14(21)9-11(13)8-12-18-15(22-3)6-5-7-16(18)23-19(12)20/h5-7,9-10,22-23H,8H2,1-4H3. The van der Waals surface area contributed by atoms with Gasteiger partial charge in [0.05, 0.1) is 11.6 Å². The molecule has 3 nitrogen and oxygen atoms in total. The molecule has 1 aliphatic carbocycles. The number of H-pyrrole nitrogens is 1. The number of methoxy groups -OCH3 is 1. The van der Waals surface area contributed by atoms with Crippen LogP contribution in [-0.4, -0.2) is 19.1 Å². The van der Waals surface area contributed by atoms with Gasteiger partial charge < -0.3 is 15.0 Å². The van der Waals surface area contributed by atoms with Crippen LogP contribution in [0.15, 0.2) is 34.8 Å². The van der Waals surface area contributed by atoms with Crippen molar-refractivity contribution in [2.24, 2.45) is 0 Å². The fourth-order valence-corrected chi connectivity index (χ4v) is 4.59. The van der Waals surface area contributed by atoms with E-state index in [0.29, 0.717) is 0 Å². The summed E-state index contributed by atoms with van der Waals surface area (Å²) in [5.41, 5.74) is 7.65. The van der Waals surface area contributed by atoms with Crippen LogP contribution >= 0.6 is 15.9 Å². The van der Waals surface area contributed by atoms with Gasteiger partial charge in [0.15, 0.2) is 0 Å². The highest BCUT2D eigenvalue weighted by molar-refractivity contribution is 9.10. The van der Waals surface area contributed by atoms with Gasteiger partial charge in [-0.05, 0) is 56.9 Å². The number of anilines is 1. The Hall–Kier alpha value is -1.94. The molecular weight excluding hydrogens is 364 g/mol. The Labute approximate surface area is 150 Å². The number of hydrogen-bond acceptors (Lipinski definition) is 2. The van der Waals surface area contributed by atoms with Gasteiger partial charge in [-0.25, -0.2) is 0 Å². The number of aromatic amines is 1. The molecule has 4 heteroatoms. The second-order valence-corrected chi connectivity index (χ2v) is 7.76. The van der Waals surface area contributed by atoms with Crippen molar-refractivity contribution in [3.63, 3.8) is 0 Å². The number of fused-ring (bicyclic) bond motifs is 4. The van der Waals surface area contributed by atoms with E-state index in [9.17, 15) is 0 Å². The number of benzene rings is 2. The van der Waals surface area contributed by atoms with Gasteiger partial charge in [-0.1, -0.05) is 19.9 Å². The van der Waals surface area contributed by atoms with E-state index >= 15 is 0 Å². The minimum Gasteiger partial charge on any atom is -0.496 e. The van der Waals surface area contributed by atoms with Gasteiger partial charge in [-0.2, -0.15) is 0 Å². The lowest BCUT2D eigenvalue weighted by Gasteiger charge is -2.33. The van der Waals surface area contributed by atoms with Crippen molar-refractivity contribution in [2.45, 2.75) is 25.7 Å². The molecular formula is C20H21BrN2O. The first kappa shape index (κ1) is 15.6. The summed E-state index contributed by atoms with van der Waals surface area (Å²) in [6.45, 7) is 4.57. The predicted octanol–water partition coefficient (Wildman–Crippen LogP) is 5.21. The van der Waals surface area contributed by atoms with Crippen LogP contribution < -0.4 is 10.1 Å². The largest absolute Gasteiger partial charge is 0.496 e. The third kappa shape index (κ3) is 2.02. The first-order chi connectivity index (χ1) is 11.5. The van der Waals surface area contributed by atoms with Gasteiger partial charge in [0, 0.05) is 41.2 Å². The van der Waals surface area contributed by atoms with Crippen LogP contribution in [0.1, 0.15) is 36.2 Å².